The van der Waals surface area contributed by atoms with Gasteiger partial charge in [-0.25, -0.2) is 5.14 Å². The van der Waals surface area contributed by atoms with Gasteiger partial charge in [-0.05, 0) is 19.9 Å². The molecule has 0 radical (unpaired) electrons. The molecule has 0 aromatic heterocycles. The van der Waals surface area contributed by atoms with Crippen LogP contribution in [0.3, 0.4) is 0 Å². The molecule has 0 aliphatic carbocycles. The van der Waals surface area contributed by atoms with E-state index in [9.17, 15) is 13.2 Å². The molecular weight excluding hydrogens is 256 g/mol. The number of carbonyl (C=O) groups is 1. The van der Waals surface area contributed by atoms with Gasteiger partial charge in [0.1, 0.15) is 0 Å². The van der Waals surface area contributed by atoms with E-state index >= 15 is 0 Å². The second-order valence-corrected chi connectivity index (χ2v) is 6.13. The van der Waals surface area contributed by atoms with Crippen molar-refractivity contribution in [2.24, 2.45) is 11.1 Å². The number of nitrogens with one attached hydrogen (secondary N) is 1. The number of carbonyl (C=O) groups excluding carboxylic acids is 1. The lowest BCUT2D eigenvalue weighted by Gasteiger charge is -2.31. The van der Waals surface area contributed by atoms with Crippen LogP contribution in [0.4, 0.5) is 0 Å². The first kappa shape index (κ1) is 15.4. The van der Waals surface area contributed by atoms with Crippen LogP contribution in [0.5, 0.6) is 0 Å². The smallest absolute Gasteiger partial charge is 0.276 e. The Hall–Kier alpha value is -0.700. The third-order valence-electron chi connectivity index (χ3n) is 3.24. The van der Waals surface area contributed by atoms with Crippen molar-refractivity contribution >= 4 is 16.1 Å². The van der Waals surface area contributed by atoms with E-state index in [1.54, 1.807) is 11.9 Å². The quantitative estimate of drug-likeness (QED) is 0.645. The van der Waals surface area contributed by atoms with Crippen molar-refractivity contribution in [3.8, 4) is 0 Å². The lowest BCUT2D eigenvalue weighted by Crippen LogP contribution is -2.46. The zero-order valence-corrected chi connectivity index (χ0v) is 11.7. The van der Waals surface area contributed by atoms with Gasteiger partial charge in [0.15, 0.2) is 0 Å². The third kappa shape index (κ3) is 4.20. The predicted molar refractivity (Wildman–Crippen MR) is 69.0 cm³/mol. The van der Waals surface area contributed by atoms with Crippen molar-refractivity contribution in [3.05, 3.63) is 0 Å². The van der Waals surface area contributed by atoms with Gasteiger partial charge >= 0.3 is 0 Å². The van der Waals surface area contributed by atoms with Crippen molar-refractivity contribution in [2.75, 3.05) is 40.3 Å². The van der Waals surface area contributed by atoms with Gasteiger partial charge in [0, 0.05) is 39.1 Å². The highest BCUT2D eigenvalue weighted by Crippen LogP contribution is 2.20. The summed E-state index contributed by atoms with van der Waals surface area (Å²) in [5.41, 5.74) is 0. The molecular formula is C10H22N4O3S. The Morgan fingerprint density at radius 3 is 2.44 bits per heavy atom. The normalized spacial score (nSPS) is 18.8. The van der Waals surface area contributed by atoms with Gasteiger partial charge < -0.3 is 10.2 Å². The molecule has 1 rings (SSSR count). The number of nitrogens with zero attached hydrogens (tertiary/aromatic N) is 2. The van der Waals surface area contributed by atoms with Crippen LogP contribution in [0.15, 0.2) is 0 Å². The lowest BCUT2D eigenvalue weighted by molar-refractivity contribution is -0.135. The highest BCUT2D eigenvalue weighted by molar-refractivity contribution is 7.86. The van der Waals surface area contributed by atoms with Gasteiger partial charge in [0.2, 0.25) is 5.91 Å². The predicted octanol–water partition coefficient (Wildman–Crippen LogP) is -1.42. The summed E-state index contributed by atoms with van der Waals surface area (Å²) >= 11 is 0. The van der Waals surface area contributed by atoms with Crippen molar-refractivity contribution < 1.29 is 13.2 Å². The molecule has 1 saturated heterocycles. The van der Waals surface area contributed by atoms with Crippen LogP contribution in [0.25, 0.3) is 0 Å². The molecule has 3 N–H and O–H groups in total. The Kier molecular flexibility index (Phi) is 5.51. The molecule has 8 heteroatoms. The SMILES string of the molecule is CNCCN(C)C(=O)C1CCN(S(N)(=O)=O)CC1. The first-order valence-electron chi connectivity index (χ1n) is 6.03. The fourth-order valence-electron chi connectivity index (χ4n) is 2.06. The minimum absolute atomic E-state index is 0.0827. The third-order valence-corrected chi connectivity index (χ3v) is 4.32. The van der Waals surface area contributed by atoms with Gasteiger partial charge in [0.05, 0.1) is 0 Å². The number of hydrogen-bond acceptors (Lipinski definition) is 4. The Balaban J connectivity index is 2.45. The summed E-state index contributed by atoms with van der Waals surface area (Å²) < 4.78 is 23.5. The average molecular weight is 278 g/mol. The summed E-state index contributed by atoms with van der Waals surface area (Å²) in [5, 5.41) is 8.04. The Morgan fingerprint density at radius 1 is 1.44 bits per heavy atom. The maximum absolute atomic E-state index is 12.1. The summed E-state index contributed by atoms with van der Waals surface area (Å²) in [6, 6.07) is 0. The first-order chi connectivity index (χ1) is 8.36. The summed E-state index contributed by atoms with van der Waals surface area (Å²) in [4.78, 5) is 13.7. The molecule has 0 aromatic carbocycles. The molecule has 7 nitrogen and oxygen atoms in total. The van der Waals surface area contributed by atoms with E-state index in [1.807, 2.05) is 7.05 Å². The van der Waals surface area contributed by atoms with Gasteiger partial charge in [-0.2, -0.15) is 12.7 Å². The number of hydrogen-bond donors (Lipinski definition) is 2. The zero-order chi connectivity index (χ0) is 13.8. The van der Waals surface area contributed by atoms with Crippen LogP contribution in [-0.2, 0) is 15.0 Å². The van der Waals surface area contributed by atoms with Gasteiger partial charge in [-0.15, -0.1) is 0 Å². The van der Waals surface area contributed by atoms with Crippen molar-refractivity contribution in [1.29, 1.82) is 0 Å². The Labute approximate surface area is 108 Å². The second-order valence-electron chi connectivity index (χ2n) is 4.58. The van der Waals surface area contributed by atoms with Crippen molar-refractivity contribution in [3.63, 3.8) is 0 Å². The van der Waals surface area contributed by atoms with Crippen LogP contribution in [0.1, 0.15) is 12.8 Å². The molecule has 0 unspecified atom stereocenters. The molecule has 0 saturated carbocycles. The number of rotatable bonds is 5. The van der Waals surface area contributed by atoms with Crippen LogP contribution in [0.2, 0.25) is 0 Å². The first-order valence-corrected chi connectivity index (χ1v) is 7.54. The van der Waals surface area contributed by atoms with Crippen LogP contribution < -0.4 is 10.5 Å². The van der Waals surface area contributed by atoms with Gasteiger partial charge in [-0.3, -0.25) is 4.79 Å². The summed E-state index contributed by atoms with van der Waals surface area (Å²) in [6.07, 6.45) is 1.08. The number of piperidine rings is 1. The molecule has 1 aliphatic heterocycles. The topological polar surface area (TPSA) is 95.7 Å². The molecule has 0 atom stereocenters. The van der Waals surface area contributed by atoms with Gasteiger partial charge in [0.25, 0.3) is 10.2 Å². The molecule has 1 aliphatic rings. The Morgan fingerprint density at radius 2 is 2.00 bits per heavy atom. The van der Waals surface area contributed by atoms with E-state index in [4.69, 9.17) is 5.14 Å². The van der Waals surface area contributed by atoms with E-state index in [0.717, 1.165) is 6.54 Å². The van der Waals surface area contributed by atoms with Crippen molar-refractivity contribution in [1.82, 2.24) is 14.5 Å². The maximum Gasteiger partial charge on any atom is 0.276 e. The fraction of sp³-hybridized carbons (Fsp3) is 0.900. The molecule has 106 valence electrons. The molecule has 18 heavy (non-hydrogen) atoms. The minimum Gasteiger partial charge on any atom is -0.344 e. The van der Waals surface area contributed by atoms with Crippen LogP contribution >= 0.6 is 0 Å². The van der Waals surface area contributed by atoms with E-state index in [2.05, 4.69) is 5.32 Å². The minimum atomic E-state index is -3.61. The molecule has 0 spiro atoms. The zero-order valence-electron chi connectivity index (χ0n) is 10.9. The fourth-order valence-corrected chi connectivity index (χ4v) is 2.78. The average Bonchev–Trinajstić information content (AvgIpc) is 2.34. The largest absolute Gasteiger partial charge is 0.344 e. The van der Waals surface area contributed by atoms with Crippen LogP contribution in [0, 0.1) is 5.92 Å². The number of nitrogens with two attached hydrogens (primary N) is 1. The van der Waals surface area contributed by atoms with E-state index in [0.29, 0.717) is 32.5 Å². The molecule has 0 bridgehead atoms. The number of amides is 1. The molecule has 1 heterocycles. The molecule has 1 amide bonds. The maximum atomic E-state index is 12.1. The lowest BCUT2D eigenvalue weighted by atomic mass is 9.97. The molecule has 1 fully saturated rings. The summed E-state index contributed by atoms with van der Waals surface area (Å²) in [6.45, 7) is 2.06. The monoisotopic (exact) mass is 278 g/mol. The number of likely N-dealkylation sites (N-methyl/N-ethyl adjacent to an activating group) is 2. The van der Waals surface area contributed by atoms with Crippen molar-refractivity contribution in [2.45, 2.75) is 12.8 Å². The van der Waals surface area contributed by atoms with Gasteiger partial charge in [-0.1, -0.05) is 0 Å². The Bertz CT molecular complexity index is 377. The van der Waals surface area contributed by atoms with E-state index in [-0.39, 0.29) is 11.8 Å². The van der Waals surface area contributed by atoms with E-state index < -0.39 is 10.2 Å². The molecule has 0 aromatic rings. The standard InChI is InChI=1S/C10H22N4O3S/c1-12-5-8-13(2)10(15)9-3-6-14(7-4-9)18(11,16)17/h9,12H,3-8H2,1-2H3,(H2,11,16,17). The highest BCUT2D eigenvalue weighted by Gasteiger charge is 2.30. The summed E-state index contributed by atoms with van der Waals surface area (Å²) in [5.74, 6) is -0.0100. The second kappa shape index (κ2) is 6.46. The highest BCUT2D eigenvalue weighted by atomic mass is 32.2. The van der Waals surface area contributed by atoms with E-state index in [1.165, 1.54) is 4.31 Å². The summed E-state index contributed by atoms with van der Waals surface area (Å²) in [7, 11) is -0.00522. The van der Waals surface area contributed by atoms with Crippen LogP contribution in [-0.4, -0.2) is 63.8 Å².